The van der Waals surface area contributed by atoms with Crippen molar-refractivity contribution >= 4 is 5.78 Å². The molecule has 0 radical (unpaired) electrons. The van der Waals surface area contributed by atoms with Crippen LogP contribution in [0.5, 0.6) is 0 Å². The summed E-state index contributed by atoms with van der Waals surface area (Å²) in [5.41, 5.74) is 1.25. The predicted octanol–water partition coefficient (Wildman–Crippen LogP) is 0.706. The summed E-state index contributed by atoms with van der Waals surface area (Å²) in [7, 11) is 0. The first-order valence-electron chi connectivity index (χ1n) is 4.94. The first kappa shape index (κ1) is 7.56. The molecule has 2 unspecified atom stereocenters. The fraction of sp³-hybridized carbons (Fsp3) is 0.700. The number of nitrogens with zero attached hydrogens (tertiary/aromatic N) is 1. The molecule has 0 spiro atoms. The lowest BCUT2D eigenvalue weighted by Gasteiger charge is -2.29. The fourth-order valence-corrected chi connectivity index (χ4v) is 2.56. The minimum Gasteiger partial charge on any atom is -0.374 e. The van der Waals surface area contributed by atoms with Crippen LogP contribution in [0.15, 0.2) is 11.8 Å². The van der Waals surface area contributed by atoms with Crippen LogP contribution in [0.4, 0.5) is 0 Å². The molecule has 0 aromatic heterocycles. The van der Waals surface area contributed by atoms with Gasteiger partial charge in [-0.15, -0.1) is 0 Å². The van der Waals surface area contributed by atoms with E-state index >= 15 is 0 Å². The van der Waals surface area contributed by atoms with Crippen molar-refractivity contribution in [3.05, 3.63) is 11.8 Å². The molecular weight excluding hydrogens is 166 g/mol. The van der Waals surface area contributed by atoms with Crippen LogP contribution in [0, 0.1) is 0 Å². The number of carbonyl (C=O) groups is 1. The van der Waals surface area contributed by atoms with E-state index in [4.69, 9.17) is 4.74 Å². The molecule has 0 amide bonds. The van der Waals surface area contributed by atoms with Gasteiger partial charge in [0.1, 0.15) is 0 Å². The van der Waals surface area contributed by atoms with Gasteiger partial charge in [0.15, 0.2) is 5.78 Å². The van der Waals surface area contributed by atoms with Crippen molar-refractivity contribution in [2.75, 3.05) is 13.2 Å². The fourth-order valence-electron chi connectivity index (χ4n) is 2.56. The van der Waals surface area contributed by atoms with Gasteiger partial charge in [0, 0.05) is 24.7 Å². The average molecular weight is 179 g/mol. The van der Waals surface area contributed by atoms with Crippen molar-refractivity contribution in [2.45, 2.75) is 31.4 Å². The van der Waals surface area contributed by atoms with Crippen molar-refractivity contribution in [3.63, 3.8) is 0 Å². The van der Waals surface area contributed by atoms with E-state index < -0.39 is 0 Å². The number of morpholine rings is 1. The third-order valence-corrected chi connectivity index (χ3v) is 3.22. The maximum Gasteiger partial charge on any atom is 0.157 e. The molecule has 0 N–H and O–H groups in total. The number of hydrogen-bond donors (Lipinski definition) is 0. The zero-order valence-corrected chi connectivity index (χ0v) is 7.53. The van der Waals surface area contributed by atoms with Crippen molar-refractivity contribution < 1.29 is 9.53 Å². The Morgan fingerprint density at radius 2 is 2.38 bits per heavy atom. The van der Waals surface area contributed by atoms with E-state index in [1.807, 2.05) is 6.08 Å². The van der Waals surface area contributed by atoms with Gasteiger partial charge in [0.2, 0.25) is 0 Å². The van der Waals surface area contributed by atoms with Crippen LogP contribution in [0.2, 0.25) is 0 Å². The van der Waals surface area contributed by atoms with Gasteiger partial charge in [-0.25, -0.2) is 0 Å². The monoisotopic (exact) mass is 179 g/mol. The van der Waals surface area contributed by atoms with Gasteiger partial charge in [-0.2, -0.15) is 0 Å². The van der Waals surface area contributed by atoms with Gasteiger partial charge in [-0.05, 0) is 12.8 Å². The van der Waals surface area contributed by atoms with E-state index in [2.05, 4.69) is 4.90 Å². The molecule has 0 saturated carbocycles. The molecule has 3 aliphatic rings. The second-order valence-electron chi connectivity index (χ2n) is 4.10. The summed E-state index contributed by atoms with van der Waals surface area (Å²) in [6.45, 7) is 1.86. The maximum atomic E-state index is 11.1. The predicted molar refractivity (Wildman–Crippen MR) is 47.2 cm³/mol. The molecule has 3 nitrogen and oxygen atoms in total. The Morgan fingerprint density at radius 1 is 1.46 bits per heavy atom. The third kappa shape index (κ3) is 1.10. The van der Waals surface area contributed by atoms with Crippen LogP contribution in [0.3, 0.4) is 0 Å². The van der Waals surface area contributed by atoms with E-state index in [-0.39, 0.29) is 0 Å². The second-order valence-corrected chi connectivity index (χ2v) is 4.10. The zero-order chi connectivity index (χ0) is 8.84. The van der Waals surface area contributed by atoms with Gasteiger partial charge in [0.25, 0.3) is 0 Å². The first-order chi connectivity index (χ1) is 6.33. The van der Waals surface area contributed by atoms with Crippen molar-refractivity contribution in [1.82, 2.24) is 4.90 Å². The maximum absolute atomic E-state index is 11.1. The first-order valence-corrected chi connectivity index (χ1v) is 4.94. The minimum absolute atomic E-state index is 0.290. The summed E-state index contributed by atoms with van der Waals surface area (Å²) in [5.74, 6) is 0.290. The van der Waals surface area contributed by atoms with Crippen molar-refractivity contribution in [2.24, 2.45) is 0 Å². The summed E-state index contributed by atoms with van der Waals surface area (Å²) in [6.07, 6.45) is 5.07. The summed E-state index contributed by atoms with van der Waals surface area (Å²) in [5, 5.41) is 0. The van der Waals surface area contributed by atoms with Gasteiger partial charge in [-0.1, -0.05) is 0 Å². The molecule has 0 aromatic rings. The molecule has 70 valence electrons. The van der Waals surface area contributed by atoms with Crippen LogP contribution >= 0.6 is 0 Å². The quantitative estimate of drug-likeness (QED) is 0.593. The Morgan fingerprint density at radius 3 is 2.92 bits per heavy atom. The molecule has 0 aromatic carbocycles. The zero-order valence-electron chi connectivity index (χ0n) is 7.53. The lowest BCUT2D eigenvalue weighted by atomic mass is 10.2. The Hall–Kier alpha value is -0.830. The molecule has 13 heavy (non-hydrogen) atoms. The highest BCUT2D eigenvalue weighted by Crippen LogP contribution is 2.33. The number of carbonyl (C=O) groups excluding carboxylic acids is 1. The van der Waals surface area contributed by atoms with E-state index in [0.717, 1.165) is 26.0 Å². The molecule has 2 aliphatic heterocycles. The minimum atomic E-state index is 0.290. The summed E-state index contributed by atoms with van der Waals surface area (Å²) >= 11 is 0. The normalized spacial score (nSPS) is 37.4. The van der Waals surface area contributed by atoms with E-state index in [9.17, 15) is 4.79 Å². The highest BCUT2D eigenvalue weighted by atomic mass is 16.5. The number of hydrogen-bond acceptors (Lipinski definition) is 3. The Bertz CT molecular complexity index is 285. The van der Waals surface area contributed by atoms with Gasteiger partial charge < -0.3 is 9.64 Å². The lowest BCUT2D eigenvalue weighted by molar-refractivity contribution is -0.114. The number of ether oxygens (including phenoxy) is 1. The summed E-state index contributed by atoms with van der Waals surface area (Å²) in [6, 6.07) is 0.558. The van der Waals surface area contributed by atoms with Crippen LogP contribution in [-0.4, -0.2) is 36.0 Å². The highest BCUT2D eigenvalue weighted by Gasteiger charge is 2.40. The van der Waals surface area contributed by atoms with Crippen LogP contribution < -0.4 is 0 Å². The largest absolute Gasteiger partial charge is 0.374 e. The van der Waals surface area contributed by atoms with Crippen molar-refractivity contribution in [1.29, 1.82) is 0 Å². The van der Waals surface area contributed by atoms with E-state index in [1.54, 1.807) is 0 Å². The summed E-state index contributed by atoms with van der Waals surface area (Å²) < 4.78 is 5.51. The lowest BCUT2D eigenvalue weighted by Crippen LogP contribution is -2.35. The standard InChI is InChI=1S/C10H13NO2/c12-9-2-1-7(3-9)11-5-10-4-8(11)6-13-10/h3,8,10H,1-2,4-6H2. The molecule has 2 atom stereocenters. The second kappa shape index (κ2) is 2.58. The molecule has 2 heterocycles. The average Bonchev–Trinajstić information content (AvgIpc) is 2.77. The smallest absolute Gasteiger partial charge is 0.157 e. The topological polar surface area (TPSA) is 29.5 Å². The molecular formula is C10H13NO2. The van der Waals surface area contributed by atoms with Crippen LogP contribution in [0.1, 0.15) is 19.3 Å². The molecule has 3 rings (SSSR count). The number of allylic oxidation sites excluding steroid dienone is 2. The number of fused-ring (bicyclic) bond motifs is 2. The Balaban J connectivity index is 1.80. The SMILES string of the molecule is O=C1C=C(N2CC3CC2CO3)CC1. The molecule has 3 heteroatoms. The molecule has 2 fully saturated rings. The molecule has 2 bridgehead atoms. The number of likely N-dealkylation sites (tertiary alicyclic amines) is 1. The van der Waals surface area contributed by atoms with E-state index in [1.165, 1.54) is 5.70 Å². The van der Waals surface area contributed by atoms with Gasteiger partial charge >= 0.3 is 0 Å². The number of ketones is 1. The Labute approximate surface area is 77.4 Å². The van der Waals surface area contributed by atoms with Gasteiger partial charge in [0.05, 0.1) is 18.8 Å². The molecule has 2 saturated heterocycles. The van der Waals surface area contributed by atoms with Crippen LogP contribution in [0.25, 0.3) is 0 Å². The van der Waals surface area contributed by atoms with Gasteiger partial charge in [-0.3, -0.25) is 4.79 Å². The highest BCUT2D eigenvalue weighted by molar-refractivity contribution is 5.92. The van der Waals surface area contributed by atoms with E-state index in [0.29, 0.717) is 24.3 Å². The number of rotatable bonds is 1. The van der Waals surface area contributed by atoms with Crippen molar-refractivity contribution in [3.8, 4) is 0 Å². The summed E-state index contributed by atoms with van der Waals surface area (Å²) in [4.78, 5) is 13.5. The third-order valence-electron chi connectivity index (χ3n) is 3.22. The molecule has 1 aliphatic carbocycles. The Kier molecular flexibility index (Phi) is 1.50. The van der Waals surface area contributed by atoms with Crippen LogP contribution in [-0.2, 0) is 9.53 Å².